The predicted octanol–water partition coefficient (Wildman–Crippen LogP) is 1.54. The van der Waals surface area contributed by atoms with Crippen LogP contribution in [0.4, 0.5) is 9.93 Å². The fourth-order valence-electron chi connectivity index (χ4n) is 2.49. The lowest BCUT2D eigenvalue weighted by Crippen LogP contribution is -2.48. The molecule has 2 rings (SSSR count). The summed E-state index contributed by atoms with van der Waals surface area (Å²) in [5.41, 5.74) is 0. The highest BCUT2D eigenvalue weighted by Crippen LogP contribution is 2.09. The number of hydrogen-bond acceptors (Lipinski definition) is 5. The molecule has 1 saturated heterocycles. The van der Waals surface area contributed by atoms with Crippen LogP contribution >= 0.6 is 11.3 Å². The molecular weight excluding hydrogens is 286 g/mol. The monoisotopic (exact) mass is 311 g/mol. The van der Waals surface area contributed by atoms with E-state index in [-0.39, 0.29) is 6.03 Å². The van der Waals surface area contributed by atoms with Crippen LogP contribution in [-0.4, -0.2) is 66.6 Å². The topological polar surface area (TPSA) is 60.5 Å². The van der Waals surface area contributed by atoms with Gasteiger partial charge >= 0.3 is 6.03 Å². The summed E-state index contributed by atoms with van der Waals surface area (Å²) in [6.45, 7) is 11.8. The van der Waals surface area contributed by atoms with Crippen molar-refractivity contribution in [2.24, 2.45) is 5.92 Å². The molecule has 2 amide bonds. The number of carbonyl (C=O) groups is 1. The van der Waals surface area contributed by atoms with Gasteiger partial charge in [-0.15, -0.1) is 11.3 Å². The molecule has 1 aromatic rings. The molecule has 0 saturated carbocycles. The van der Waals surface area contributed by atoms with E-state index < -0.39 is 0 Å². The van der Waals surface area contributed by atoms with E-state index in [1.807, 2.05) is 5.38 Å². The van der Waals surface area contributed by atoms with Crippen LogP contribution in [0.1, 0.15) is 13.8 Å². The normalized spacial score (nSPS) is 18.4. The zero-order chi connectivity index (χ0) is 15.1. The average molecular weight is 311 g/mol. The van der Waals surface area contributed by atoms with Crippen LogP contribution < -0.4 is 10.6 Å². The Morgan fingerprint density at radius 2 is 2.10 bits per heavy atom. The zero-order valence-corrected chi connectivity index (χ0v) is 13.7. The predicted molar refractivity (Wildman–Crippen MR) is 86.9 cm³/mol. The molecular formula is C14H25N5OS. The number of anilines is 1. The first-order valence-electron chi connectivity index (χ1n) is 7.56. The van der Waals surface area contributed by atoms with Crippen LogP contribution in [0, 0.1) is 5.92 Å². The third-order valence-electron chi connectivity index (χ3n) is 3.75. The lowest BCUT2D eigenvalue weighted by molar-refractivity contribution is 0.124. The highest BCUT2D eigenvalue weighted by Gasteiger charge is 2.17. The Balaban J connectivity index is 1.61. The lowest BCUT2D eigenvalue weighted by atomic mass is 10.1. The smallest absolute Gasteiger partial charge is 0.321 e. The van der Waals surface area contributed by atoms with E-state index in [9.17, 15) is 4.79 Å². The van der Waals surface area contributed by atoms with Crippen molar-refractivity contribution in [2.45, 2.75) is 13.8 Å². The van der Waals surface area contributed by atoms with Crippen LogP contribution in [0.5, 0.6) is 0 Å². The van der Waals surface area contributed by atoms with Crippen LogP contribution in [0.3, 0.4) is 0 Å². The summed E-state index contributed by atoms with van der Waals surface area (Å²) in [7, 11) is 0. The molecule has 1 aliphatic heterocycles. The molecule has 7 heteroatoms. The van der Waals surface area contributed by atoms with Gasteiger partial charge in [0.25, 0.3) is 0 Å². The molecule has 0 radical (unpaired) electrons. The third kappa shape index (κ3) is 5.61. The number of nitrogens with one attached hydrogen (secondary N) is 2. The SMILES string of the molecule is CCN1CCN(CC(C)CNC(=O)Nc2nccs2)CC1. The van der Waals surface area contributed by atoms with Crippen molar-refractivity contribution < 1.29 is 4.79 Å². The van der Waals surface area contributed by atoms with Crippen molar-refractivity contribution in [1.82, 2.24) is 20.1 Å². The molecule has 6 nitrogen and oxygen atoms in total. The van der Waals surface area contributed by atoms with Gasteiger partial charge in [-0.1, -0.05) is 13.8 Å². The molecule has 21 heavy (non-hydrogen) atoms. The highest BCUT2D eigenvalue weighted by molar-refractivity contribution is 7.13. The maximum Gasteiger partial charge on any atom is 0.321 e. The molecule has 0 spiro atoms. The van der Waals surface area contributed by atoms with Crippen molar-refractivity contribution in [3.63, 3.8) is 0 Å². The molecule has 1 aliphatic rings. The molecule has 1 aromatic heterocycles. The van der Waals surface area contributed by atoms with Gasteiger partial charge in [-0.05, 0) is 12.5 Å². The first kappa shape index (κ1) is 16.2. The molecule has 1 atom stereocenters. The number of rotatable bonds is 6. The fourth-order valence-corrected chi connectivity index (χ4v) is 3.01. The molecule has 2 N–H and O–H groups in total. The van der Waals surface area contributed by atoms with Crippen LogP contribution in [0.2, 0.25) is 0 Å². The first-order valence-corrected chi connectivity index (χ1v) is 8.44. The Morgan fingerprint density at radius 3 is 2.71 bits per heavy atom. The number of aromatic nitrogens is 1. The Morgan fingerprint density at radius 1 is 1.38 bits per heavy atom. The Labute approximate surface area is 130 Å². The molecule has 0 aliphatic carbocycles. The highest BCUT2D eigenvalue weighted by atomic mass is 32.1. The second-order valence-corrected chi connectivity index (χ2v) is 6.41. The minimum Gasteiger partial charge on any atom is -0.337 e. The summed E-state index contributed by atoms with van der Waals surface area (Å²) in [6.07, 6.45) is 1.68. The van der Waals surface area contributed by atoms with Gasteiger partial charge in [0.2, 0.25) is 0 Å². The number of thiazole rings is 1. The number of hydrogen-bond donors (Lipinski definition) is 2. The van der Waals surface area contributed by atoms with E-state index in [0.717, 1.165) is 39.3 Å². The summed E-state index contributed by atoms with van der Waals surface area (Å²) in [5.74, 6) is 0.445. The standard InChI is InChI=1S/C14H25N5OS/c1-3-18-5-7-19(8-6-18)11-12(2)10-16-13(20)17-14-15-4-9-21-14/h4,9,12H,3,5-8,10-11H2,1-2H3,(H2,15,16,17,20). The fraction of sp³-hybridized carbons (Fsp3) is 0.714. The van der Waals surface area contributed by atoms with Gasteiger partial charge in [0.1, 0.15) is 0 Å². The van der Waals surface area contributed by atoms with E-state index in [4.69, 9.17) is 0 Å². The maximum absolute atomic E-state index is 11.7. The van der Waals surface area contributed by atoms with Gasteiger partial charge < -0.3 is 15.1 Å². The van der Waals surface area contributed by atoms with E-state index in [0.29, 0.717) is 17.6 Å². The van der Waals surface area contributed by atoms with Gasteiger partial charge in [-0.25, -0.2) is 9.78 Å². The Hall–Kier alpha value is -1.18. The number of nitrogens with zero attached hydrogens (tertiary/aromatic N) is 3. The largest absolute Gasteiger partial charge is 0.337 e. The van der Waals surface area contributed by atoms with E-state index in [1.54, 1.807) is 6.20 Å². The molecule has 1 fully saturated rings. The molecule has 118 valence electrons. The summed E-state index contributed by atoms with van der Waals surface area (Å²) < 4.78 is 0. The Bertz CT molecular complexity index is 417. The molecule has 1 unspecified atom stereocenters. The van der Waals surface area contributed by atoms with Gasteiger partial charge in [-0.3, -0.25) is 5.32 Å². The number of urea groups is 1. The summed E-state index contributed by atoms with van der Waals surface area (Å²) in [5, 5.41) is 8.12. The molecule has 2 heterocycles. The van der Waals surface area contributed by atoms with Crippen molar-refractivity contribution >= 4 is 22.5 Å². The number of piperazine rings is 1. The van der Waals surface area contributed by atoms with Crippen molar-refractivity contribution in [1.29, 1.82) is 0 Å². The van der Waals surface area contributed by atoms with Crippen molar-refractivity contribution in [3.8, 4) is 0 Å². The zero-order valence-electron chi connectivity index (χ0n) is 12.8. The van der Waals surface area contributed by atoms with E-state index >= 15 is 0 Å². The Kier molecular flexibility index (Phi) is 6.41. The summed E-state index contributed by atoms with van der Waals surface area (Å²) >= 11 is 1.42. The van der Waals surface area contributed by atoms with Crippen molar-refractivity contribution in [2.75, 3.05) is 51.1 Å². The summed E-state index contributed by atoms with van der Waals surface area (Å²) in [6, 6.07) is -0.174. The first-order chi connectivity index (χ1) is 10.2. The van der Waals surface area contributed by atoms with Crippen molar-refractivity contribution in [3.05, 3.63) is 11.6 Å². The minimum atomic E-state index is -0.174. The van der Waals surface area contributed by atoms with Gasteiger partial charge in [-0.2, -0.15) is 0 Å². The van der Waals surface area contributed by atoms with Crippen LogP contribution in [0.15, 0.2) is 11.6 Å². The number of amides is 2. The van der Waals surface area contributed by atoms with E-state index in [1.165, 1.54) is 11.3 Å². The second kappa shape index (κ2) is 8.31. The van der Waals surface area contributed by atoms with Gasteiger partial charge in [0.15, 0.2) is 5.13 Å². The van der Waals surface area contributed by atoms with Gasteiger partial charge in [0.05, 0.1) is 0 Å². The van der Waals surface area contributed by atoms with Gasteiger partial charge in [0, 0.05) is 50.8 Å². The maximum atomic E-state index is 11.7. The number of carbonyl (C=O) groups excluding carboxylic acids is 1. The molecule has 0 bridgehead atoms. The lowest BCUT2D eigenvalue weighted by Gasteiger charge is -2.35. The molecule has 0 aromatic carbocycles. The average Bonchev–Trinajstić information content (AvgIpc) is 2.99. The van der Waals surface area contributed by atoms with Crippen LogP contribution in [-0.2, 0) is 0 Å². The number of likely N-dealkylation sites (N-methyl/N-ethyl adjacent to an activating group) is 1. The van der Waals surface area contributed by atoms with E-state index in [2.05, 4.69) is 39.3 Å². The second-order valence-electron chi connectivity index (χ2n) is 5.51. The third-order valence-corrected chi connectivity index (χ3v) is 4.43. The quantitative estimate of drug-likeness (QED) is 0.836. The summed E-state index contributed by atoms with van der Waals surface area (Å²) in [4.78, 5) is 20.7. The van der Waals surface area contributed by atoms with Crippen LogP contribution in [0.25, 0.3) is 0 Å². The minimum absolute atomic E-state index is 0.174.